The van der Waals surface area contributed by atoms with Crippen LogP contribution >= 0.6 is 0 Å². The summed E-state index contributed by atoms with van der Waals surface area (Å²) < 4.78 is 15.2. The molecule has 0 unspecified atom stereocenters. The Labute approximate surface area is 68.3 Å². The topological polar surface area (TPSA) is 65.7 Å². The van der Waals surface area contributed by atoms with Gasteiger partial charge < -0.3 is 19.0 Å². The predicted octanol–water partition coefficient (Wildman–Crippen LogP) is -1.09. The lowest BCUT2D eigenvalue weighted by atomic mass is 10.7. The Hall–Kier alpha value is 0.0169. The van der Waals surface area contributed by atoms with Gasteiger partial charge >= 0.3 is 8.97 Å². The Kier molecular flexibility index (Phi) is 5.65. The van der Waals surface area contributed by atoms with E-state index in [2.05, 4.69) is 4.98 Å². The van der Waals surface area contributed by atoms with Gasteiger partial charge in [-0.15, -0.1) is 0 Å². The van der Waals surface area contributed by atoms with Crippen molar-refractivity contribution in [2.24, 2.45) is 5.73 Å². The molecule has 5 nitrogen and oxygen atoms in total. The second-order valence-corrected chi connectivity index (χ2v) is 4.57. The highest BCUT2D eigenvalue weighted by atomic mass is 28.4. The normalized spacial score (nSPS) is 12.0. The van der Waals surface area contributed by atoms with Crippen LogP contribution in [0.2, 0.25) is 0 Å². The first-order valence-corrected chi connectivity index (χ1v) is 5.07. The lowest BCUT2D eigenvalue weighted by molar-refractivity contribution is 0.111. The van der Waals surface area contributed by atoms with Crippen molar-refractivity contribution < 1.29 is 13.3 Å². The summed E-state index contributed by atoms with van der Waals surface area (Å²) in [5.74, 6) is 0. The lowest BCUT2D eigenvalue weighted by Crippen LogP contribution is -2.58. The Morgan fingerprint density at radius 2 is 1.64 bits per heavy atom. The molecule has 0 amide bonds. The molecule has 0 aromatic heterocycles. The number of nitrogens with one attached hydrogen (secondary N) is 1. The summed E-state index contributed by atoms with van der Waals surface area (Å²) in [5.41, 5.74) is 5.29. The Bertz CT molecular complexity index is 91.5. The highest BCUT2D eigenvalue weighted by Crippen LogP contribution is 1.99. The van der Waals surface area contributed by atoms with Crippen molar-refractivity contribution in [2.75, 3.05) is 34.4 Å². The molecule has 6 heteroatoms. The van der Waals surface area contributed by atoms with Gasteiger partial charge in [-0.05, 0) is 0 Å². The monoisotopic (exact) mass is 180 g/mol. The molecular formula is C5H16N2O3Si. The smallest absolute Gasteiger partial charge is 0.364 e. The van der Waals surface area contributed by atoms with Crippen molar-refractivity contribution in [3.8, 4) is 0 Å². The largest absolute Gasteiger partial charge is 0.596 e. The fraction of sp³-hybridized carbons (Fsp3) is 1.00. The van der Waals surface area contributed by atoms with Gasteiger partial charge in [0.2, 0.25) is 0 Å². The quantitative estimate of drug-likeness (QED) is 0.508. The SMILES string of the molecule is CO[Si](NCCN)(OC)OC. The maximum atomic E-state index is 5.29. The molecular weight excluding hydrogens is 164 g/mol. The van der Waals surface area contributed by atoms with Crippen molar-refractivity contribution in [1.82, 2.24) is 4.98 Å². The van der Waals surface area contributed by atoms with Crippen molar-refractivity contribution in [3.05, 3.63) is 0 Å². The molecule has 0 aromatic carbocycles. The molecule has 3 N–H and O–H groups in total. The van der Waals surface area contributed by atoms with Gasteiger partial charge in [-0.3, -0.25) is 4.98 Å². The molecule has 0 bridgehead atoms. The molecule has 0 saturated carbocycles. The van der Waals surface area contributed by atoms with Gasteiger partial charge in [0.25, 0.3) is 0 Å². The van der Waals surface area contributed by atoms with Crippen LogP contribution in [0.4, 0.5) is 0 Å². The van der Waals surface area contributed by atoms with Crippen molar-refractivity contribution >= 4 is 8.97 Å². The summed E-state index contributed by atoms with van der Waals surface area (Å²) in [5, 5.41) is 0. The van der Waals surface area contributed by atoms with Crippen LogP contribution in [-0.2, 0) is 13.3 Å². The van der Waals surface area contributed by atoms with Crippen LogP contribution in [0, 0.1) is 0 Å². The Morgan fingerprint density at radius 1 is 1.18 bits per heavy atom. The summed E-state index contributed by atoms with van der Waals surface area (Å²) in [4.78, 5) is 2.98. The van der Waals surface area contributed by atoms with E-state index in [4.69, 9.17) is 19.0 Å². The van der Waals surface area contributed by atoms with Crippen LogP contribution in [0.25, 0.3) is 0 Å². The molecule has 0 radical (unpaired) electrons. The summed E-state index contributed by atoms with van der Waals surface area (Å²) in [6.45, 7) is 1.16. The maximum absolute atomic E-state index is 5.29. The molecule has 0 aliphatic rings. The molecule has 68 valence electrons. The van der Waals surface area contributed by atoms with E-state index in [-0.39, 0.29) is 0 Å². The molecule has 0 saturated heterocycles. The second kappa shape index (κ2) is 5.64. The van der Waals surface area contributed by atoms with Crippen LogP contribution in [0.3, 0.4) is 0 Å². The van der Waals surface area contributed by atoms with Gasteiger partial charge in [0.1, 0.15) is 0 Å². The van der Waals surface area contributed by atoms with Crippen LogP contribution in [0.5, 0.6) is 0 Å². The fourth-order valence-corrected chi connectivity index (χ4v) is 2.08. The molecule has 0 aliphatic carbocycles. The first-order chi connectivity index (χ1) is 5.24. The molecule has 0 atom stereocenters. The van der Waals surface area contributed by atoms with E-state index in [1.54, 1.807) is 21.3 Å². The third-order valence-electron chi connectivity index (χ3n) is 1.29. The van der Waals surface area contributed by atoms with Gasteiger partial charge in [0.15, 0.2) is 0 Å². The van der Waals surface area contributed by atoms with E-state index < -0.39 is 8.97 Å². The van der Waals surface area contributed by atoms with E-state index >= 15 is 0 Å². The average Bonchev–Trinajstić information content (AvgIpc) is 2.08. The number of rotatable bonds is 6. The fourth-order valence-electron chi connectivity index (χ4n) is 0.692. The summed E-state index contributed by atoms with van der Waals surface area (Å²) in [6, 6.07) is 0. The highest BCUT2D eigenvalue weighted by Gasteiger charge is 2.37. The Morgan fingerprint density at radius 3 is 1.91 bits per heavy atom. The van der Waals surface area contributed by atoms with Gasteiger partial charge in [-0.2, -0.15) is 0 Å². The van der Waals surface area contributed by atoms with E-state index in [1.807, 2.05) is 0 Å². The molecule has 0 heterocycles. The highest BCUT2D eigenvalue weighted by molar-refractivity contribution is 6.57. The number of hydrogen-bond donors (Lipinski definition) is 2. The zero-order valence-corrected chi connectivity index (χ0v) is 8.22. The first-order valence-electron chi connectivity index (χ1n) is 3.35. The van der Waals surface area contributed by atoms with Crippen LogP contribution in [-0.4, -0.2) is 43.4 Å². The van der Waals surface area contributed by atoms with Crippen LogP contribution in [0.15, 0.2) is 0 Å². The maximum Gasteiger partial charge on any atom is 0.596 e. The molecule has 0 aromatic rings. The summed E-state index contributed by atoms with van der Waals surface area (Å²) in [7, 11) is 2.06. The Balaban J connectivity index is 3.84. The van der Waals surface area contributed by atoms with Crippen molar-refractivity contribution in [1.29, 1.82) is 0 Å². The minimum absolute atomic E-state index is 0.533. The minimum atomic E-state index is -2.57. The van der Waals surface area contributed by atoms with E-state index in [1.165, 1.54) is 0 Å². The average molecular weight is 180 g/mol. The molecule has 11 heavy (non-hydrogen) atoms. The summed E-state index contributed by atoms with van der Waals surface area (Å²) >= 11 is 0. The third kappa shape index (κ3) is 3.28. The zero-order chi connectivity index (χ0) is 8.74. The standard InChI is InChI=1S/C5H16N2O3Si/c1-8-11(9-2,10-3)7-5-4-6/h7H,4-6H2,1-3H3. The van der Waals surface area contributed by atoms with Crippen molar-refractivity contribution in [3.63, 3.8) is 0 Å². The van der Waals surface area contributed by atoms with Crippen LogP contribution < -0.4 is 10.7 Å². The zero-order valence-electron chi connectivity index (χ0n) is 7.22. The molecule has 0 fully saturated rings. The minimum Gasteiger partial charge on any atom is -0.364 e. The van der Waals surface area contributed by atoms with E-state index in [9.17, 15) is 0 Å². The summed E-state index contributed by atoms with van der Waals surface area (Å²) in [6.07, 6.45) is 0. The van der Waals surface area contributed by atoms with E-state index in [0.29, 0.717) is 13.1 Å². The van der Waals surface area contributed by atoms with Gasteiger partial charge in [0.05, 0.1) is 0 Å². The third-order valence-corrected chi connectivity index (χ3v) is 3.59. The number of nitrogens with two attached hydrogens (primary N) is 1. The van der Waals surface area contributed by atoms with Crippen molar-refractivity contribution in [2.45, 2.75) is 0 Å². The molecule has 0 rings (SSSR count). The first kappa shape index (κ1) is 11.0. The van der Waals surface area contributed by atoms with Gasteiger partial charge in [-0.25, -0.2) is 0 Å². The second-order valence-electron chi connectivity index (χ2n) is 1.88. The van der Waals surface area contributed by atoms with Crippen LogP contribution in [0.1, 0.15) is 0 Å². The van der Waals surface area contributed by atoms with Gasteiger partial charge in [-0.1, -0.05) is 0 Å². The lowest BCUT2D eigenvalue weighted by Gasteiger charge is -2.23. The molecule has 0 spiro atoms. The van der Waals surface area contributed by atoms with Gasteiger partial charge in [0, 0.05) is 34.4 Å². The van der Waals surface area contributed by atoms with E-state index in [0.717, 1.165) is 0 Å². The predicted molar refractivity (Wildman–Crippen MR) is 43.8 cm³/mol. The number of hydrogen-bond acceptors (Lipinski definition) is 5. The molecule has 0 aliphatic heterocycles.